The highest BCUT2D eigenvalue weighted by Gasteiger charge is 2.48. The number of rotatable bonds is 3. The summed E-state index contributed by atoms with van der Waals surface area (Å²) in [6.45, 7) is 0. The van der Waals surface area contributed by atoms with Crippen LogP contribution in [-0.2, 0) is 9.53 Å². The Hall–Kier alpha value is -2.42. The molecule has 0 N–H and O–H groups in total. The highest BCUT2D eigenvalue weighted by atomic mass is 16.6. The van der Waals surface area contributed by atoms with Crippen molar-refractivity contribution in [2.45, 2.75) is 12.0 Å². The Bertz CT molecular complexity index is 604. The Kier molecular flexibility index (Phi) is 2.88. The number of hydrogen-bond donors (Lipinski definition) is 0. The van der Waals surface area contributed by atoms with Crippen molar-refractivity contribution in [2.75, 3.05) is 0 Å². The fourth-order valence-corrected chi connectivity index (χ4v) is 2.26. The average molecular weight is 252 g/mol. The lowest BCUT2D eigenvalue weighted by atomic mass is 9.85. The van der Waals surface area contributed by atoms with Crippen LogP contribution in [-0.4, -0.2) is 17.9 Å². The van der Waals surface area contributed by atoms with E-state index in [2.05, 4.69) is 0 Å². The van der Waals surface area contributed by atoms with E-state index in [0.29, 0.717) is 5.56 Å². The van der Waals surface area contributed by atoms with Crippen LogP contribution in [0.25, 0.3) is 0 Å². The number of hydrogen-bond acceptors (Lipinski definition) is 3. The molecule has 19 heavy (non-hydrogen) atoms. The second-order valence-electron chi connectivity index (χ2n) is 4.48. The lowest BCUT2D eigenvalue weighted by Crippen LogP contribution is -2.48. The van der Waals surface area contributed by atoms with Gasteiger partial charge in [-0.3, -0.25) is 9.59 Å². The predicted octanol–water partition coefficient (Wildman–Crippen LogP) is 2.58. The summed E-state index contributed by atoms with van der Waals surface area (Å²) < 4.78 is 5.03. The Balaban J connectivity index is 1.87. The van der Waals surface area contributed by atoms with Crippen LogP contribution in [0.3, 0.4) is 0 Å². The average Bonchev–Trinajstić information content (AvgIpc) is 2.46. The largest absolute Gasteiger partial charge is 0.452 e. The number of ketones is 1. The summed E-state index contributed by atoms with van der Waals surface area (Å²) in [7, 11) is 0. The summed E-state index contributed by atoms with van der Waals surface area (Å²) in [6, 6.07) is 18.2. The Morgan fingerprint density at radius 1 is 0.895 bits per heavy atom. The zero-order valence-electron chi connectivity index (χ0n) is 10.2. The summed E-state index contributed by atoms with van der Waals surface area (Å²) in [5, 5.41) is 0. The standard InChI is InChI=1S/C16H12O3/c17-14(12-9-5-2-6-10-12)15-13(16(18)19-15)11-7-3-1-4-8-11/h1-10,13,15H/t13-,15-/m1/s1. The third-order valence-corrected chi connectivity index (χ3v) is 3.28. The van der Waals surface area contributed by atoms with Crippen molar-refractivity contribution < 1.29 is 14.3 Å². The lowest BCUT2D eigenvalue weighted by molar-refractivity contribution is -0.169. The molecule has 2 aromatic carbocycles. The van der Waals surface area contributed by atoms with E-state index in [9.17, 15) is 9.59 Å². The van der Waals surface area contributed by atoms with Gasteiger partial charge in [0, 0.05) is 5.56 Å². The second-order valence-corrected chi connectivity index (χ2v) is 4.48. The molecule has 3 nitrogen and oxygen atoms in total. The molecule has 0 spiro atoms. The summed E-state index contributed by atoms with van der Waals surface area (Å²) >= 11 is 0. The highest BCUT2D eigenvalue weighted by molar-refractivity contribution is 6.07. The van der Waals surface area contributed by atoms with Crippen LogP contribution in [0.1, 0.15) is 21.8 Å². The summed E-state index contributed by atoms with van der Waals surface area (Å²) in [6.07, 6.45) is -0.697. The molecule has 94 valence electrons. The van der Waals surface area contributed by atoms with E-state index in [1.165, 1.54) is 0 Å². The number of carbonyl (C=O) groups excluding carboxylic acids is 2. The van der Waals surface area contributed by atoms with Gasteiger partial charge in [-0.2, -0.15) is 0 Å². The number of ether oxygens (including phenoxy) is 1. The van der Waals surface area contributed by atoms with E-state index < -0.39 is 12.0 Å². The van der Waals surface area contributed by atoms with E-state index in [-0.39, 0.29) is 11.8 Å². The molecule has 0 unspecified atom stereocenters. The number of Topliss-reactive ketones (excluding diaryl/α,β-unsaturated/α-hetero) is 1. The fraction of sp³-hybridized carbons (Fsp3) is 0.125. The molecule has 1 aliphatic heterocycles. The maximum absolute atomic E-state index is 12.3. The molecule has 1 saturated heterocycles. The third-order valence-electron chi connectivity index (χ3n) is 3.28. The van der Waals surface area contributed by atoms with Crippen molar-refractivity contribution in [3.8, 4) is 0 Å². The van der Waals surface area contributed by atoms with Crippen LogP contribution < -0.4 is 0 Å². The normalized spacial score (nSPS) is 21.4. The van der Waals surface area contributed by atoms with Gasteiger partial charge < -0.3 is 4.74 Å². The van der Waals surface area contributed by atoms with Crippen LogP contribution in [0.15, 0.2) is 60.7 Å². The van der Waals surface area contributed by atoms with Crippen LogP contribution in [0, 0.1) is 0 Å². The molecule has 0 saturated carbocycles. The van der Waals surface area contributed by atoms with Crippen molar-refractivity contribution in [3.05, 3.63) is 71.8 Å². The first kappa shape index (κ1) is 11.7. The van der Waals surface area contributed by atoms with Gasteiger partial charge in [0.25, 0.3) is 0 Å². The third kappa shape index (κ3) is 2.03. The molecule has 2 atom stereocenters. The van der Waals surface area contributed by atoms with Gasteiger partial charge in [-0.1, -0.05) is 60.7 Å². The highest BCUT2D eigenvalue weighted by Crippen LogP contribution is 2.34. The smallest absolute Gasteiger partial charge is 0.318 e. The minimum Gasteiger partial charge on any atom is -0.452 e. The monoisotopic (exact) mass is 252 g/mol. The van der Waals surface area contributed by atoms with E-state index in [1.807, 2.05) is 36.4 Å². The fourth-order valence-electron chi connectivity index (χ4n) is 2.26. The maximum atomic E-state index is 12.3. The van der Waals surface area contributed by atoms with Crippen LogP contribution in [0.2, 0.25) is 0 Å². The first-order chi connectivity index (χ1) is 9.27. The van der Waals surface area contributed by atoms with E-state index in [4.69, 9.17) is 4.74 Å². The van der Waals surface area contributed by atoms with Gasteiger partial charge in [0.15, 0.2) is 6.10 Å². The lowest BCUT2D eigenvalue weighted by Gasteiger charge is -2.34. The van der Waals surface area contributed by atoms with Gasteiger partial charge >= 0.3 is 5.97 Å². The van der Waals surface area contributed by atoms with Gasteiger partial charge in [-0.25, -0.2) is 0 Å². The first-order valence-corrected chi connectivity index (χ1v) is 6.12. The van der Waals surface area contributed by atoms with E-state index in [0.717, 1.165) is 5.56 Å². The van der Waals surface area contributed by atoms with Crippen molar-refractivity contribution in [2.24, 2.45) is 0 Å². The molecule has 3 rings (SSSR count). The van der Waals surface area contributed by atoms with Gasteiger partial charge in [-0.15, -0.1) is 0 Å². The quantitative estimate of drug-likeness (QED) is 0.623. The van der Waals surface area contributed by atoms with E-state index in [1.54, 1.807) is 24.3 Å². The molecule has 1 heterocycles. The zero-order chi connectivity index (χ0) is 13.2. The van der Waals surface area contributed by atoms with Gasteiger partial charge in [-0.05, 0) is 5.56 Å². The molecule has 0 amide bonds. The van der Waals surface area contributed by atoms with Gasteiger partial charge in [0.05, 0.1) is 0 Å². The molecular formula is C16H12O3. The zero-order valence-corrected chi connectivity index (χ0v) is 10.2. The number of carbonyl (C=O) groups is 2. The summed E-state index contributed by atoms with van der Waals surface area (Å²) in [4.78, 5) is 23.9. The Morgan fingerprint density at radius 2 is 1.47 bits per heavy atom. The van der Waals surface area contributed by atoms with Crippen molar-refractivity contribution in [1.82, 2.24) is 0 Å². The van der Waals surface area contributed by atoms with Crippen molar-refractivity contribution >= 4 is 11.8 Å². The van der Waals surface area contributed by atoms with Crippen LogP contribution in [0.5, 0.6) is 0 Å². The molecule has 0 bridgehead atoms. The topological polar surface area (TPSA) is 43.4 Å². The molecule has 3 heteroatoms. The second kappa shape index (κ2) is 4.69. The van der Waals surface area contributed by atoms with Gasteiger partial charge in [0.1, 0.15) is 5.92 Å². The molecule has 0 aromatic heterocycles. The molecule has 1 aliphatic rings. The number of esters is 1. The molecule has 1 fully saturated rings. The molecule has 2 aromatic rings. The van der Waals surface area contributed by atoms with E-state index >= 15 is 0 Å². The summed E-state index contributed by atoms with van der Waals surface area (Å²) in [5.41, 5.74) is 1.40. The Morgan fingerprint density at radius 3 is 2.05 bits per heavy atom. The molecular weight excluding hydrogens is 240 g/mol. The van der Waals surface area contributed by atoms with Gasteiger partial charge in [0.2, 0.25) is 5.78 Å². The number of cyclic esters (lactones) is 1. The van der Waals surface area contributed by atoms with Crippen LogP contribution in [0.4, 0.5) is 0 Å². The molecule has 0 aliphatic carbocycles. The maximum Gasteiger partial charge on any atom is 0.318 e. The van der Waals surface area contributed by atoms with Crippen LogP contribution >= 0.6 is 0 Å². The van der Waals surface area contributed by atoms with Crippen molar-refractivity contribution in [3.63, 3.8) is 0 Å². The summed E-state index contributed by atoms with van der Waals surface area (Å²) in [5.74, 6) is -0.955. The van der Waals surface area contributed by atoms with Crippen molar-refractivity contribution in [1.29, 1.82) is 0 Å². The SMILES string of the molecule is O=C1O[C@@H](C(=O)c2ccccc2)[C@H]1c1ccccc1. The Labute approximate surface area is 110 Å². The predicted molar refractivity (Wildman–Crippen MR) is 69.8 cm³/mol. The first-order valence-electron chi connectivity index (χ1n) is 6.12. The minimum absolute atomic E-state index is 0.144. The number of benzene rings is 2. The minimum atomic E-state index is -0.697. The molecule has 0 radical (unpaired) electrons.